The first-order chi connectivity index (χ1) is 5.86. The predicted octanol–water partition coefficient (Wildman–Crippen LogP) is 2.47. The van der Waals surface area contributed by atoms with E-state index in [-0.39, 0.29) is 0 Å². The molecule has 0 aliphatic carbocycles. The van der Waals surface area contributed by atoms with Crippen LogP contribution in [-0.2, 0) is 0 Å². The van der Waals surface area contributed by atoms with Crippen molar-refractivity contribution in [3.63, 3.8) is 0 Å². The molecule has 68 valence electrons. The lowest BCUT2D eigenvalue weighted by Crippen LogP contribution is -1.94. The molecule has 0 unspecified atom stereocenters. The second-order valence-electron chi connectivity index (χ2n) is 2.25. The first-order valence-corrected chi connectivity index (χ1v) is 5.87. The summed E-state index contributed by atoms with van der Waals surface area (Å²) in [7, 11) is 0. The molecule has 0 atom stereocenters. The van der Waals surface area contributed by atoms with E-state index in [1.807, 2.05) is 0 Å². The van der Waals surface area contributed by atoms with Crippen molar-refractivity contribution in [1.29, 1.82) is 0 Å². The SMILES string of the molecule is CCCSc1nnc(NCC)s1. The van der Waals surface area contributed by atoms with Gasteiger partial charge < -0.3 is 5.32 Å². The molecule has 1 heterocycles. The number of anilines is 1. The molecule has 0 saturated heterocycles. The van der Waals surface area contributed by atoms with Crippen LogP contribution >= 0.6 is 23.1 Å². The predicted molar refractivity (Wildman–Crippen MR) is 55.1 cm³/mol. The maximum absolute atomic E-state index is 4.04. The fourth-order valence-electron chi connectivity index (χ4n) is 0.680. The normalized spacial score (nSPS) is 10.2. The van der Waals surface area contributed by atoms with Crippen molar-refractivity contribution in [3.05, 3.63) is 0 Å². The standard InChI is InChI=1S/C7H13N3S2/c1-3-5-11-7-10-9-6(12-7)8-4-2/h3-5H2,1-2H3,(H,8,9). The van der Waals surface area contributed by atoms with Gasteiger partial charge in [-0.2, -0.15) is 0 Å². The molecule has 1 N–H and O–H groups in total. The van der Waals surface area contributed by atoms with Crippen LogP contribution in [0.1, 0.15) is 20.3 Å². The Bertz CT molecular complexity index is 224. The van der Waals surface area contributed by atoms with Crippen molar-refractivity contribution in [3.8, 4) is 0 Å². The Morgan fingerprint density at radius 2 is 2.25 bits per heavy atom. The molecule has 0 radical (unpaired) electrons. The molecular weight excluding hydrogens is 190 g/mol. The van der Waals surface area contributed by atoms with Gasteiger partial charge in [-0.15, -0.1) is 10.2 Å². The molecule has 5 heteroatoms. The highest BCUT2D eigenvalue weighted by Crippen LogP contribution is 2.25. The number of rotatable bonds is 5. The van der Waals surface area contributed by atoms with Crippen LogP contribution in [0.25, 0.3) is 0 Å². The van der Waals surface area contributed by atoms with Gasteiger partial charge >= 0.3 is 0 Å². The molecule has 1 aromatic heterocycles. The second kappa shape index (κ2) is 5.37. The zero-order valence-electron chi connectivity index (χ0n) is 7.33. The largest absolute Gasteiger partial charge is 0.360 e. The van der Waals surface area contributed by atoms with Crippen LogP contribution in [0.15, 0.2) is 4.34 Å². The van der Waals surface area contributed by atoms with Gasteiger partial charge in [-0.05, 0) is 13.3 Å². The average Bonchev–Trinajstić information content (AvgIpc) is 2.50. The number of nitrogens with one attached hydrogen (secondary N) is 1. The quantitative estimate of drug-likeness (QED) is 0.746. The Morgan fingerprint density at radius 3 is 2.92 bits per heavy atom. The van der Waals surface area contributed by atoms with E-state index >= 15 is 0 Å². The Morgan fingerprint density at radius 1 is 1.42 bits per heavy atom. The summed E-state index contributed by atoms with van der Waals surface area (Å²) >= 11 is 3.40. The van der Waals surface area contributed by atoms with Crippen molar-refractivity contribution in [2.24, 2.45) is 0 Å². The van der Waals surface area contributed by atoms with Crippen LogP contribution in [0.4, 0.5) is 5.13 Å². The van der Waals surface area contributed by atoms with Gasteiger partial charge in [-0.3, -0.25) is 0 Å². The number of thioether (sulfide) groups is 1. The molecule has 0 aliphatic rings. The lowest BCUT2D eigenvalue weighted by atomic mass is 10.6. The number of hydrogen-bond donors (Lipinski definition) is 1. The molecule has 12 heavy (non-hydrogen) atoms. The zero-order chi connectivity index (χ0) is 8.81. The molecule has 3 nitrogen and oxygen atoms in total. The third-order valence-electron chi connectivity index (χ3n) is 1.16. The minimum atomic E-state index is 0.910. The van der Waals surface area contributed by atoms with Crippen LogP contribution in [0.2, 0.25) is 0 Å². The summed E-state index contributed by atoms with van der Waals surface area (Å²) in [6.45, 7) is 5.13. The summed E-state index contributed by atoms with van der Waals surface area (Å²) in [6.07, 6.45) is 1.18. The summed E-state index contributed by atoms with van der Waals surface area (Å²) in [4.78, 5) is 0. The first-order valence-electron chi connectivity index (χ1n) is 4.07. The fourth-order valence-corrected chi connectivity index (χ4v) is 2.43. The smallest absolute Gasteiger partial charge is 0.206 e. The molecular formula is C7H13N3S2. The van der Waals surface area contributed by atoms with Crippen LogP contribution in [0, 0.1) is 0 Å². The van der Waals surface area contributed by atoms with Gasteiger partial charge in [0.2, 0.25) is 5.13 Å². The second-order valence-corrected chi connectivity index (χ2v) is 4.57. The molecule has 0 spiro atoms. The molecule has 0 bridgehead atoms. The van der Waals surface area contributed by atoms with Gasteiger partial charge in [-0.1, -0.05) is 30.0 Å². The molecule has 0 aliphatic heterocycles. The monoisotopic (exact) mass is 203 g/mol. The van der Waals surface area contributed by atoms with Gasteiger partial charge in [0, 0.05) is 12.3 Å². The molecule has 0 saturated carbocycles. The zero-order valence-corrected chi connectivity index (χ0v) is 8.97. The lowest BCUT2D eigenvalue weighted by Gasteiger charge is -1.91. The topological polar surface area (TPSA) is 37.8 Å². The van der Waals surface area contributed by atoms with Crippen LogP contribution in [0.5, 0.6) is 0 Å². The minimum Gasteiger partial charge on any atom is -0.360 e. The van der Waals surface area contributed by atoms with Crippen LogP contribution in [-0.4, -0.2) is 22.5 Å². The Kier molecular flexibility index (Phi) is 4.39. The summed E-state index contributed by atoms with van der Waals surface area (Å²) in [6, 6.07) is 0. The summed E-state index contributed by atoms with van der Waals surface area (Å²) < 4.78 is 1.06. The van der Waals surface area contributed by atoms with E-state index in [0.29, 0.717) is 0 Å². The highest BCUT2D eigenvalue weighted by molar-refractivity contribution is 8.01. The van der Waals surface area contributed by atoms with Crippen molar-refractivity contribution in [1.82, 2.24) is 10.2 Å². The summed E-state index contributed by atoms with van der Waals surface area (Å²) in [5.74, 6) is 1.13. The van der Waals surface area contributed by atoms with E-state index in [2.05, 4.69) is 29.4 Å². The average molecular weight is 203 g/mol. The Balaban J connectivity index is 2.41. The first kappa shape index (κ1) is 9.80. The fraction of sp³-hybridized carbons (Fsp3) is 0.714. The van der Waals surface area contributed by atoms with Crippen molar-refractivity contribution < 1.29 is 0 Å². The van der Waals surface area contributed by atoms with Crippen molar-refractivity contribution in [2.45, 2.75) is 24.6 Å². The lowest BCUT2D eigenvalue weighted by molar-refractivity contribution is 0.998. The van der Waals surface area contributed by atoms with Gasteiger partial charge in [-0.25, -0.2) is 0 Å². The molecule has 0 amide bonds. The van der Waals surface area contributed by atoms with E-state index in [1.165, 1.54) is 6.42 Å². The Hall–Kier alpha value is -0.290. The van der Waals surface area contributed by atoms with Crippen LogP contribution < -0.4 is 5.32 Å². The Labute approximate surface area is 81.0 Å². The molecule has 1 rings (SSSR count). The minimum absolute atomic E-state index is 0.910. The summed E-state index contributed by atoms with van der Waals surface area (Å²) in [5, 5.41) is 12.1. The van der Waals surface area contributed by atoms with Crippen LogP contribution in [0.3, 0.4) is 0 Å². The van der Waals surface area contributed by atoms with E-state index < -0.39 is 0 Å². The van der Waals surface area contributed by atoms with E-state index in [9.17, 15) is 0 Å². The van der Waals surface area contributed by atoms with Gasteiger partial charge in [0.05, 0.1) is 0 Å². The molecule has 1 aromatic rings. The maximum Gasteiger partial charge on any atom is 0.206 e. The van der Waals surface area contributed by atoms with Crippen molar-refractivity contribution in [2.75, 3.05) is 17.6 Å². The van der Waals surface area contributed by atoms with E-state index in [4.69, 9.17) is 0 Å². The highest BCUT2D eigenvalue weighted by Gasteiger charge is 2.01. The van der Waals surface area contributed by atoms with Gasteiger partial charge in [0.1, 0.15) is 0 Å². The maximum atomic E-state index is 4.04. The number of aromatic nitrogens is 2. The van der Waals surface area contributed by atoms with E-state index in [0.717, 1.165) is 21.8 Å². The third-order valence-corrected chi connectivity index (χ3v) is 3.38. The van der Waals surface area contributed by atoms with Crippen molar-refractivity contribution >= 4 is 28.2 Å². The summed E-state index contributed by atoms with van der Waals surface area (Å²) in [5.41, 5.74) is 0. The number of hydrogen-bond acceptors (Lipinski definition) is 5. The van der Waals surface area contributed by atoms with Gasteiger partial charge in [0.25, 0.3) is 0 Å². The highest BCUT2D eigenvalue weighted by atomic mass is 32.2. The van der Waals surface area contributed by atoms with Gasteiger partial charge in [0.15, 0.2) is 4.34 Å². The number of nitrogens with zero attached hydrogens (tertiary/aromatic N) is 2. The molecule has 0 aromatic carbocycles. The van der Waals surface area contributed by atoms with E-state index in [1.54, 1.807) is 23.1 Å². The molecule has 0 fully saturated rings. The third kappa shape index (κ3) is 2.98.